The van der Waals surface area contributed by atoms with Gasteiger partial charge in [-0.25, -0.2) is 8.42 Å². The molecule has 5 heteroatoms. The number of hydrogen-bond donors (Lipinski definition) is 1. The van der Waals surface area contributed by atoms with Crippen LogP contribution < -0.4 is 5.32 Å². The minimum Gasteiger partial charge on any atom is -0.314 e. The van der Waals surface area contributed by atoms with Crippen molar-refractivity contribution in [1.29, 1.82) is 0 Å². The third-order valence-corrected chi connectivity index (χ3v) is 5.09. The van der Waals surface area contributed by atoms with Crippen LogP contribution in [0.1, 0.15) is 27.2 Å². The summed E-state index contributed by atoms with van der Waals surface area (Å²) in [5.41, 5.74) is 0. The number of hydrogen-bond acceptors (Lipinski definition) is 4. The van der Waals surface area contributed by atoms with Gasteiger partial charge in [0.2, 0.25) is 0 Å². The van der Waals surface area contributed by atoms with E-state index in [9.17, 15) is 8.42 Å². The van der Waals surface area contributed by atoms with E-state index < -0.39 is 9.84 Å². The maximum absolute atomic E-state index is 11.4. The average Bonchev–Trinajstić information content (AvgIpc) is 2.28. The summed E-state index contributed by atoms with van der Waals surface area (Å²) >= 11 is 1.78. The van der Waals surface area contributed by atoms with Crippen LogP contribution in [0.3, 0.4) is 0 Å². The highest BCUT2D eigenvalue weighted by Gasteiger charge is 2.11. The summed E-state index contributed by atoms with van der Waals surface area (Å²) in [4.78, 5) is 1.49. The van der Waals surface area contributed by atoms with Gasteiger partial charge in [-0.1, -0.05) is 13.8 Å². The zero-order chi connectivity index (χ0) is 14.5. The summed E-state index contributed by atoms with van der Waals surface area (Å²) in [5.74, 6) is 0. The normalized spacial score (nSPS) is 15.2. The van der Waals surface area contributed by atoms with Gasteiger partial charge in [0.05, 0.1) is 4.90 Å². The summed E-state index contributed by atoms with van der Waals surface area (Å²) < 4.78 is 22.7. The molecule has 1 aromatic carbocycles. The third-order valence-electron chi connectivity index (χ3n) is 2.83. The molecular weight excluding hydrogens is 278 g/mol. The van der Waals surface area contributed by atoms with Crippen LogP contribution >= 0.6 is 11.8 Å². The van der Waals surface area contributed by atoms with Crippen molar-refractivity contribution in [3.05, 3.63) is 24.3 Å². The monoisotopic (exact) mass is 301 g/mol. The topological polar surface area (TPSA) is 46.2 Å². The summed E-state index contributed by atoms with van der Waals surface area (Å²) in [5, 5.41) is 3.90. The average molecular weight is 301 g/mol. The third kappa shape index (κ3) is 5.97. The lowest BCUT2D eigenvalue weighted by Gasteiger charge is -2.17. The molecule has 0 saturated carbocycles. The van der Waals surface area contributed by atoms with Crippen molar-refractivity contribution in [2.75, 3.05) is 12.8 Å². The molecule has 0 aliphatic carbocycles. The van der Waals surface area contributed by atoms with Crippen LogP contribution in [-0.2, 0) is 9.84 Å². The Morgan fingerprint density at radius 2 is 1.79 bits per heavy atom. The van der Waals surface area contributed by atoms with Crippen molar-refractivity contribution in [3.8, 4) is 0 Å². The predicted molar refractivity (Wildman–Crippen MR) is 82.6 cm³/mol. The molecule has 0 aliphatic heterocycles. The van der Waals surface area contributed by atoms with E-state index in [0.29, 0.717) is 16.2 Å². The van der Waals surface area contributed by atoms with E-state index in [0.717, 1.165) is 17.9 Å². The predicted octanol–water partition coefficient (Wildman–Crippen LogP) is 2.96. The van der Waals surface area contributed by atoms with Crippen LogP contribution in [0.2, 0.25) is 0 Å². The van der Waals surface area contributed by atoms with Crippen molar-refractivity contribution >= 4 is 21.6 Å². The molecule has 0 bridgehead atoms. The molecule has 108 valence electrons. The molecular formula is C14H23NO2S2. The Bertz CT molecular complexity index is 483. The highest BCUT2D eigenvalue weighted by Crippen LogP contribution is 2.26. The summed E-state index contributed by atoms with van der Waals surface area (Å²) in [6.07, 6.45) is 2.32. The van der Waals surface area contributed by atoms with E-state index in [1.54, 1.807) is 23.9 Å². The molecule has 19 heavy (non-hydrogen) atoms. The van der Waals surface area contributed by atoms with Gasteiger partial charge in [-0.2, -0.15) is 0 Å². The van der Waals surface area contributed by atoms with Gasteiger partial charge in [0.1, 0.15) is 0 Å². The first-order valence-electron chi connectivity index (χ1n) is 6.53. The molecule has 0 saturated heterocycles. The van der Waals surface area contributed by atoms with Crippen molar-refractivity contribution in [1.82, 2.24) is 5.32 Å². The molecule has 0 radical (unpaired) electrons. The maximum Gasteiger partial charge on any atom is 0.175 e. The number of rotatable bonds is 7. The van der Waals surface area contributed by atoms with Crippen molar-refractivity contribution < 1.29 is 8.42 Å². The largest absolute Gasteiger partial charge is 0.314 e. The molecule has 1 N–H and O–H groups in total. The van der Waals surface area contributed by atoms with E-state index in [2.05, 4.69) is 26.1 Å². The highest BCUT2D eigenvalue weighted by atomic mass is 32.2. The second-order valence-corrected chi connectivity index (χ2v) is 8.39. The van der Waals surface area contributed by atoms with Gasteiger partial charge in [0.25, 0.3) is 0 Å². The van der Waals surface area contributed by atoms with Gasteiger partial charge in [-0.05, 0) is 44.2 Å². The van der Waals surface area contributed by atoms with Crippen LogP contribution in [0.5, 0.6) is 0 Å². The van der Waals surface area contributed by atoms with E-state index >= 15 is 0 Å². The number of thioether (sulfide) groups is 1. The Morgan fingerprint density at radius 3 is 2.26 bits per heavy atom. The van der Waals surface area contributed by atoms with Crippen LogP contribution in [0.25, 0.3) is 0 Å². The maximum atomic E-state index is 11.4. The number of benzene rings is 1. The first-order chi connectivity index (χ1) is 8.82. The molecule has 0 aliphatic rings. The van der Waals surface area contributed by atoms with E-state index in [4.69, 9.17) is 0 Å². The second kappa shape index (κ2) is 7.31. The Morgan fingerprint density at radius 1 is 1.21 bits per heavy atom. The lowest BCUT2D eigenvalue weighted by atomic mass is 10.2. The minimum atomic E-state index is -3.09. The Balaban J connectivity index is 2.58. The molecule has 0 aromatic heterocycles. The van der Waals surface area contributed by atoms with Gasteiger partial charge in [0.15, 0.2) is 9.84 Å². The Labute approximate surface area is 121 Å². The first-order valence-corrected chi connectivity index (χ1v) is 9.30. The van der Waals surface area contributed by atoms with Crippen molar-refractivity contribution in [2.45, 2.75) is 48.3 Å². The van der Waals surface area contributed by atoms with Crippen LogP contribution in [0, 0.1) is 0 Å². The molecule has 2 unspecified atom stereocenters. The van der Waals surface area contributed by atoms with Gasteiger partial charge >= 0.3 is 0 Å². The van der Waals surface area contributed by atoms with Gasteiger partial charge in [-0.3, -0.25) is 0 Å². The highest BCUT2D eigenvalue weighted by molar-refractivity contribution is 8.00. The molecule has 0 spiro atoms. The molecule has 1 aromatic rings. The fourth-order valence-electron chi connectivity index (χ4n) is 1.98. The SMILES string of the molecule is CCNC(C)CC(C)Sc1ccc(S(C)(=O)=O)cc1. The standard InChI is InChI=1S/C14H23NO2S2/c1-5-15-11(2)10-12(3)18-13-6-8-14(9-7-13)19(4,16)17/h6-9,11-12,15H,5,10H2,1-4H3. The zero-order valence-electron chi connectivity index (χ0n) is 12.0. The summed E-state index contributed by atoms with van der Waals surface area (Å²) in [6, 6.07) is 7.63. The number of sulfone groups is 1. The fraction of sp³-hybridized carbons (Fsp3) is 0.571. The summed E-state index contributed by atoms with van der Waals surface area (Å²) in [7, 11) is -3.09. The van der Waals surface area contributed by atoms with Crippen molar-refractivity contribution in [2.24, 2.45) is 0 Å². The molecule has 0 heterocycles. The Kier molecular flexibility index (Phi) is 6.36. The van der Waals surface area contributed by atoms with Crippen LogP contribution in [0.15, 0.2) is 34.1 Å². The second-order valence-electron chi connectivity index (χ2n) is 4.87. The van der Waals surface area contributed by atoms with Crippen LogP contribution in [-0.4, -0.2) is 32.5 Å². The zero-order valence-corrected chi connectivity index (χ0v) is 13.6. The smallest absolute Gasteiger partial charge is 0.175 e. The van der Waals surface area contributed by atoms with Crippen LogP contribution in [0.4, 0.5) is 0 Å². The quantitative estimate of drug-likeness (QED) is 0.787. The molecule has 1 rings (SSSR count). The molecule has 0 amide bonds. The number of nitrogens with one attached hydrogen (secondary N) is 1. The van der Waals surface area contributed by atoms with Gasteiger partial charge in [-0.15, -0.1) is 11.8 Å². The van der Waals surface area contributed by atoms with E-state index in [1.807, 2.05) is 12.1 Å². The van der Waals surface area contributed by atoms with Crippen molar-refractivity contribution in [3.63, 3.8) is 0 Å². The minimum absolute atomic E-state index is 0.380. The lowest BCUT2D eigenvalue weighted by Crippen LogP contribution is -2.28. The molecule has 2 atom stereocenters. The van der Waals surface area contributed by atoms with Gasteiger partial charge < -0.3 is 5.32 Å². The molecule has 0 fully saturated rings. The Hall–Kier alpha value is -0.520. The lowest BCUT2D eigenvalue weighted by molar-refractivity contribution is 0.530. The van der Waals surface area contributed by atoms with Gasteiger partial charge in [0, 0.05) is 22.4 Å². The van der Waals surface area contributed by atoms with E-state index in [1.165, 1.54) is 6.26 Å². The molecule has 3 nitrogen and oxygen atoms in total. The first kappa shape index (κ1) is 16.5. The summed E-state index contributed by atoms with van der Waals surface area (Å²) in [6.45, 7) is 7.48. The fourth-order valence-corrected chi connectivity index (χ4v) is 3.75. The van der Waals surface area contributed by atoms with E-state index in [-0.39, 0.29) is 0 Å².